The summed E-state index contributed by atoms with van der Waals surface area (Å²) in [7, 11) is 0. The van der Waals surface area contributed by atoms with E-state index in [1.165, 1.54) is 128 Å². The molecule has 0 rings (SSSR count). The first-order valence-corrected chi connectivity index (χ1v) is 19.8. The van der Waals surface area contributed by atoms with Crippen molar-refractivity contribution in [1.29, 1.82) is 5.41 Å². The van der Waals surface area contributed by atoms with Crippen molar-refractivity contribution in [2.24, 2.45) is 0 Å². The van der Waals surface area contributed by atoms with E-state index in [2.05, 4.69) is 92.9 Å². The molecule has 0 aliphatic carbocycles. The van der Waals surface area contributed by atoms with Crippen molar-refractivity contribution in [3.63, 3.8) is 0 Å². The molecule has 0 fully saturated rings. The Kier molecular flexibility index (Phi) is 22.4. The zero-order chi connectivity index (χ0) is 33.7. The molecule has 0 radical (unpaired) electrons. The van der Waals surface area contributed by atoms with E-state index in [9.17, 15) is 5.41 Å². The third-order valence-corrected chi connectivity index (χ3v) is 10.4. The highest BCUT2D eigenvalue weighted by molar-refractivity contribution is 5.80. The smallest absolute Gasteiger partial charge is 0.195 e. The van der Waals surface area contributed by atoms with Crippen LogP contribution in [0.5, 0.6) is 0 Å². The van der Waals surface area contributed by atoms with Crippen molar-refractivity contribution >= 4 is 5.96 Å². The Labute approximate surface area is 280 Å². The maximum Gasteiger partial charge on any atom is 0.195 e. The Bertz CT molecular complexity index is 595. The van der Waals surface area contributed by atoms with E-state index in [0.717, 1.165) is 31.6 Å². The largest absolute Gasteiger partial charge is 0.333 e. The van der Waals surface area contributed by atoms with Crippen LogP contribution in [0.25, 0.3) is 0 Å². The number of nitrogens with zero attached hydrogens (tertiary/aromatic N) is 2. The van der Waals surface area contributed by atoms with Crippen molar-refractivity contribution in [3.8, 4) is 0 Å². The Morgan fingerprint density at radius 3 is 0.705 bits per heavy atom. The maximum atomic E-state index is 10.3. The minimum Gasteiger partial charge on any atom is -0.333 e. The van der Waals surface area contributed by atoms with Crippen LogP contribution in [-0.4, -0.2) is 37.9 Å². The molecule has 0 aromatic rings. The molecule has 0 aromatic heterocycles. The molecular weight excluding hydrogens is 534 g/mol. The van der Waals surface area contributed by atoms with Crippen LogP contribution in [0.4, 0.5) is 0 Å². The first kappa shape index (κ1) is 43.3. The van der Waals surface area contributed by atoms with Gasteiger partial charge in [-0.1, -0.05) is 156 Å². The van der Waals surface area contributed by atoms with Crippen molar-refractivity contribution in [2.75, 3.05) is 0 Å². The summed E-state index contributed by atoms with van der Waals surface area (Å²) in [5.74, 6) is 0.791. The molecule has 0 heterocycles. The highest BCUT2D eigenvalue weighted by Crippen LogP contribution is 2.40. The standard InChI is InChI=1S/C41H85N3/c1-13-17-21-25-29-33-38(5,6)43(39(7,8)34-30-26-22-18-14-2)37(42)44(40(9,10)35-31-27-23-19-15-3)41(11,12)36-32-28-24-20-16-4/h42H,13-36H2,1-12H3. The lowest BCUT2D eigenvalue weighted by atomic mass is 9.83. The second-order valence-electron chi connectivity index (χ2n) is 16.9. The van der Waals surface area contributed by atoms with Gasteiger partial charge in [-0.3, -0.25) is 5.41 Å². The second-order valence-corrected chi connectivity index (χ2v) is 16.9. The highest BCUT2D eigenvalue weighted by atomic mass is 15.5. The molecule has 0 aliphatic rings. The van der Waals surface area contributed by atoms with Gasteiger partial charge in [-0.15, -0.1) is 0 Å². The van der Waals surface area contributed by atoms with Gasteiger partial charge in [-0.05, 0) is 81.1 Å². The molecule has 3 heteroatoms. The van der Waals surface area contributed by atoms with Crippen molar-refractivity contribution < 1.29 is 0 Å². The van der Waals surface area contributed by atoms with Crippen LogP contribution in [-0.2, 0) is 0 Å². The van der Waals surface area contributed by atoms with Crippen LogP contribution >= 0.6 is 0 Å². The lowest BCUT2D eigenvalue weighted by Gasteiger charge is -2.59. The number of unbranched alkanes of at least 4 members (excludes halogenated alkanes) is 16. The first-order valence-electron chi connectivity index (χ1n) is 19.8. The van der Waals surface area contributed by atoms with Crippen molar-refractivity contribution in [1.82, 2.24) is 9.80 Å². The summed E-state index contributed by atoms with van der Waals surface area (Å²) < 4.78 is 0. The normalized spacial score (nSPS) is 13.0. The van der Waals surface area contributed by atoms with Crippen LogP contribution in [0.1, 0.15) is 237 Å². The van der Waals surface area contributed by atoms with Gasteiger partial charge in [0, 0.05) is 22.2 Å². The molecule has 0 aliphatic heterocycles. The Morgan fingerprint density at radius 1 is 0.341 bits per heavy atom. The van der Waals surface area contributed by atoms with Gasteiger partial charge in [-0.2, -0.15) is 0 Å². The van der Waals surface area contributed by atoms with E-state index in [4.69, 9.17) is 0 Å². The van der Waals surface area contributed by atoms with Crippen LogP contribution in [0.2, 0.25) is 0 Å². The van der Waals surface area contributed by atoms with E-state index < -0.39 is 0 Å². The summed E-state index contributed by atoms with van der Waals surface area (Å²) >= 11 is 0. The molecule has 0 bridgehead atoms. The molecule has 264 valence electrons. The van der Waals surface area contributed by atoms with Gasteiger partial charge in [0.1, 0.15) is 0 Å². The predicted molar refractivity (Wildman–Crippen MR) is 201 cm³/mol. The molecule has 0 saturated heterocycles. The first-order chi connectivity index (χ1) is 20.6. The number of hydrogen-bond acceptors (Lipinski definition) is 1. The number of guanidine groups is 1. The minimum atomic E-state index is -0.0666. The lowest BCUT2D eigenvalue weighted by molar-refractivity contribution is 0.00950. The average molecular weight is 620 g/mol. The predicted octanol–water partition coefficient (Wildman–Crippen LogP) is 14.1. The van der Waals surface area contributed by atoms with Gasteiger partial charge in [0.2, 0.25) is 0 Å². The van der Waals surface area contributed by atoms with E-state index in [0.29, 0.717) is 0 Å². The number of rotatable bonds is 28. The zero-order valence-electron chi connectivity index (χ0n) is 32.9. The fraction of sp³-hybridized carbons (Fsp3) is 0.976. The summed E-state index contributed by atoms with van der Waals surface area (Å²) in [6, 6.07) is 0. The van der Waals surface area contributed by atoms with E-state index >= 15 is 0 Å². The van der Waals surface area contributed by atoms with Crippen LogP contribution < -0.4 is 0 Å². The molecule has 1 N–H and O–H groups in total. The molecule has 0 aromatic carbocycles. The van der Waals surface area contributed by atoms with Crippen LogP contribution in [0.15, 0.2) is 0 Å². The summed E-state index contributed by atoms with van der Waals surface area (Å²) in [5.41, 5.74) is -0.266. The number of nitrogens with one attached hydrogen (secondary N) is 1. The number of hydrogen-bond donors (Lipinski definition) is 1. The fourth-order valence-electron chi connectivity index (χ4n) is 7.98. The van der Waals surface area contributed by atoms with E-state index in [1.807, 2.05) is 0 Å². The summed E-state index contributed by atoms with van der Waals surface area (Å²) in [5, 5.41) is 10.3. The Morgan fingerprint density at radius 2 is 0.523 bits per heavy atom. The zero-order valence-corrected chi connectivity index (χ0v) is 32.9. The molecule has 0 saturated carbocycles. The second kappa shape index (κ2) is 22.7. The molecule has 3 nitrogen and oxygen atoms in total. The van der Waals surface area contributed by atoms with Crippen molar-refractivity contribution in [2.45, 2.75) is 259 Å². The molecule has 0 amide bonds. The van der Waals surface area contributed by atoms with Crippen LogP contribution in [0, 0.1) is 5.41 Å². The summed E-state index contributed by atoms with van der Waals surface area (Å²) in [6.07, 6.45) is 30.8. The van der Waals surface area contributed by atoms with E-state index in [-0.39, 0.29) is 22.2 Å². The van der Waals surface area contributed by atoms with Gasteiger partial charge in [0.05, 0.1) is 0 Å². The van der Waals surface area contributed by atoms with Crippen LogP contribution in [0.3, 0.4) is 0 Å². The maximum absolute atomic E-state index is 10.3. The molecule has 0 atom stereocenters. The monoisotopic (exact) mass is 620 g/mol. The molecule has 0 unspecified atom stereocenters. The average Bonchev–Trinajstić information content (AvgIpc) is 2.91. The lowest BCUT2D eigenvalue weighted by Crippen LogP contribution is -2.68. The van der Waals surface area contributed by atoms with Gasteiger partial charge < -0.3 is 9.80 Å². The van der Waals surface area contributed by atoms with E-state index in [1.54, 1.807) is 0 Å². The van der Waals surface area contributed by atoms with Gasteiger partial charge in [-0.25, -0.2) is 0 Å². The topological polar surface area (TPSA) is 30.3 Å². The third kappa shape index (κ3) is 16.7. The molecule has 44 heavy (non-hydrogen) atoms. The summed E-state index contributed by atoms with van der Waals surface area (Å²) in [6.45, 7) is 28.8. The fourth-order valence-corrected chi connectivity index (χ4v) is 7.98. The van der Waals surface area contributed by atoms with Crippen molar-refractivity contribution in [3.05, 3.63) is 0 Å². The van der Waals surface area contributed by atoms with Gasteiger partial charge in [0.25, 0.3) is 0 Å². The minimum absolute atomic E-state index is 0.0666. The Hall–Kier alpha value is -0.730. The molecular formula is C41H85N3. The van der Waals surface area contributed by atoms with Gasteiger partial charge in [0.15, 0.2) is 5.96 Å². The summed E-state index contributed by atoms with van der Waals surface area (Å²) in [4.78, 5) is 5.24. The van der Waals surface area contributed by atoms with Gasteiger partial charge >= 0.3 is 0 Å². The third-order valence-electron chi connectivity index (χ3n) is 10.4. The Balaban J connectivity index is 6.44. The molecule has 0 spiro atoms. The highest BCUT2D eigenvalue weighted by Gasteiger charge is 2.47. The quantitative estimate of drug-likeness (QED) is 0.0536. The SMILES string of the molecule is CCCCCCCC(C)(C)N(C(=N)N(C(C)(C)CCCCCCC)C(C)(C)CCCCCCC)C(C)(C)CCCCCCC.